The predicted octanol–water partition coefficient (Wildman–Crippen LogP) is 1.78. The summed E-state index contributed by atoms with van der Waals surface area (Å²) in [7, 11) is 0. The highest BCUT2D eigenvalue weighted by Crippen LogP contribution is 2.33. The van der Waals surface area contributed by atoms with Crippen molar-refractivity contribution in [3.05, 3.63) is 0 Å². The van der Waals surface area contributed by atoms with Crippen molar-refractivity contribution in [2.45, 2.75) is 19.0 Å². The lowest BCUT2D eigenvalue weighted by Crippen LogP contribution is -2.39. The predicted molar refractivity (Wildman–Crippen MR) is 40.8 cm³/mol. The van der Waals surface area contributed by atoms with Crippen molar-refractivity contribution in [3.8, 4) is 6.07 Å². The summed E-state index contributed by atoms with van der Waals surface area (Å²) in [4.78, 5) is 1.75. The highest BCUT2D eigenvalue weighted by molar-refractivity contribution is 4.82. The van der Waals surface area contributed by atoms with E-state index in [4.69, 9.17) is 5.26 Å². The van der Waals surface area contributed by atoms with E-state index in [0.29, 0.717) is 13.1 Å². The lowest BCUT2D eigenvalue weighted by molar-refractivity contribution is -0.184. The Labute approximate surface area is 74.9 Å². The lowest BCUT2D eigenvalue weighted by Gasteiger charge is -2.31. The van der Waals surface area contributed by atoms with Crippen LogP contribution in [0.1, 0.15) is 12.8 Å². The number of halogens is 3. The Morgan fingerprint density at radius 3 is 2.23 bits per heavy atom. The Kier molecular flexibility index (Phi) is 3.15. The number of hydrogen-bond donors (Lipinski definition) is 0. The van der Waals surface area contributed by atoms with E-state index in [1.165, 1.54) is 0 Å². The minimum absolute atomic E-state index is 0.130. The zero-order valence-electron chi connectivity index (χ0n) is 7.14. The summed E-state index contributed by atoms with van der Waals surface area (Å²) in [5.41, 5.74) is 0. The molecule has 13 heavy (non-hydrogen) atoms. The second kappa shape index (κ2) is 3.97. The number of nitrogens with zero attached hydrogens (tertiary/aromatic N) is 2. The van der Waals surface area contributed by atoms with Crippen LogP contribution in [0.25, 0.3) is 0 Å². The molecular weight excluding hydrogens is 181 g/mol. The zero-order chi connectivity index (χ0) is 9.90. The van der Waals surface area contributed by atoms with Gasteiger partial charge in [0.2, 0.25) is 0 Å². The summed E-state index contributed by atoms with van der Waals surface area (Å²) in [5, 5.41) is 8.33. The first-order valence-corrected chi connectivity index (χ1v) is 4.20. The van der Waals surface area contributed by atoms with Crippen LogP contribution in [0, 0.1) is 17.2 Å². The molecule has 0 atom stereocenters. The maximum Gasteiger partial charge on any atom is 0.391 e. The molecule has 0 radical (unpaired) electrons. The van der Waals surface area contributed by atoms with Gasteiger partial charge >= 0.3 is 6.18 Å². The normalized spacial score (nSPS) is 21.4. The van der Waals surface area contributed by atoms with Crippen molar-refractivity contribution < 1.29 is 13.2 Å². The topological polar surface area (TPSA) is 27.0 Å². The number of rotatable bonds is 1. The molecule has 1 heterocycles. The molecule has 0 aromatic carbocycles. The summed E-state index contributed by atoms with van der Waals surface area (Å²) < 4.78 is 36.5. The molecule has 0 aliphatic carbocycles. The standard InChI is InChI=1S/C8H11F3N2/c9-8(10,11)7-1-4-13(5-2-7)6-3-12/h7H,1-2,4-6H2. The smallest absolute Gasteiger partial charge is 0.291 e. The van der Waals surface area contributed by atoms with Crippen molar-refractivity contribution in [2.24, 2.45) is 5.92 Å². The lowest BCUT2D eigenvalue weighted by atomic mass is 9.96. The second-order valence-electron chi connectivity index (χ2n) is 3.25. The molecule has 0 aromatic heterocycles. The first-order valence-electron chi connectivity index (χ1n) is 4.20. The fraction of sp³-hybridized carbons (Fsp3) is 0.875. The third-order valence-corrected chi connectivity index (χ3v) is 2.34. The third-order valence-electron chi connectivity index (χ3n) is 2.34. The fourth-order valence-electron chi connectivity index (χ4n) is 1.52. The largest absolute Gasteiger partial charge is 0.391 e. The quantitative estimate of drug-likeness (QED) is 0.592. The van der Waals surface area contributed by atoms with Crippen LogP contribution in [-0.2, 0) is 0 Å². The molecular formula is C8H11F3N2. The number of piperidine rings is 1. The molecule has 74 valence electrons. The number of hydrogen-bond acceptors (Lipinski definition) is 2. The van der Waals surface area contributed by atoms with Crippen LogP contribution in [0.15, 0.2) is 0 Å². The van der Waals surface area contributed by atoms with Crippen molar-refractivity contribution in [1.29, 1.82) is 5.26 Å². The van der Waals surface area contributed by atoms with E-state index in [1.54, 1.807) is 4.90 Å². The van der Waals surface area contributed by atoms with Crippen LogP contribution in [0.5, 0.6) is 0 Å². The molecule has 0 saturated carbocycles. The van der Waals surface area contributed by atoms with Crippen LogP contribution in [0.4, 0.5) is 13.2 Å². The minimum atomic E-state index is -4.06. The highest BCUT2D eigenvalue weighted by Gasteiger charge is 2.40. The molecule has 0 spiro atoms. The van der Waals surface area contributed by atoms with Crippen molar-refractivity contribution in [2.75, 3.05) is 19.6 Å². The summed E-state index contributed by atoms with van der Waals surface area (Å²) >= 11 is 0. The molecule has 0 aromatic rings. The SMILES string of the molecule is N#CCN1CCC(C(F)(F)F)CC1. The van der Waals surface area contributed by atoms with Crippen molar-refractivity contribution in [3.63, 3.8) is 0 Å². The summed E-state index contributed by atoms with van der Waals surface area (Å²) in [6.07, 6.45) is -3.80. The Morgan fingerprint density at radius 1 is 1.31 bits per heavy atom. The molecule has 0 unspecified atom stereocenters. The Morgan fingerprint density at radius 2 is 1.85 bits per heavy atom. The first-order chi connectivity index (χ1) is 6.04. The van der Waals surface area contributed by atoms with Gasteiger partial charge in [-0.15, -0.1) is 0 Å². The molecule has 1 aliphatic heterocycles. The molecule has 1 saturated heterocycles. The third kappa shape index (κ3) is 2.88. The highest BCUT2D eigenvalue weighted by atomic mass is 19.4. The summed E-state index contributed by atoms with van der Waals surface area (Å²) in [6.45, 7) is 1.01. The molecule has 1 fully saturated rings. The van der Waals surface area contributed by atoms with Crippen LogP contribution >= 0.6 is 0 Å². The molecule has 1 rings (SSSR count). The average Bonchev–Trinajstić information content (AvgIpc) is 2.04. The van der Waals surface area contributed by atoms with E-state index in [2.05, 4.69) is 0 Å². The van der Waals surface area contributed by atoms with E-state index in [-0.39, 0.29) is 19.4 Å². The Hall–Kier alpha value is -0.760. The molecule has 0 bridgehead atoms. The number of alkyl halides is 3. The van der Waals surface area contributed by atoms with Gasteiger partial charge in [0.05, 0.1) is 18.5 Å². The molecule has 1 aliphatic rings. The monoisotopic (exact) mass is 192 g/mol. The van der Waals surface area contributed by atoms with E-state index in [1.807, 2.05) is 6.07 Å². The van der Waals surface area contributed by atoms with E-state index in [9.17, 15) is 13.2 Å². The van der Waals surface area contributed by atoms with E-state index in [0.717, 1.165) is 0 Å². The van der Waals surface area contributed by atoms with Gasteiger partial charge in [0.15, 0.2) is 0 Å². The van der Waals surface area contributed by atoms with Crippen LogP contribution in [0.2, 0.25) is 0 Å². The Balaban J connectivity index is 2.36. The molecule has 0 N–H and O–H groups in total. The fourth-order valence-corrected chi connectivity index (χ4v) is 1.52. The van der Waals surface area contributed by atoms with E-state index < -0.39 is 12.1 Å². The maximum atomic E-state index is 12.2. The van der Waals surface area contributed by atoms with E-state index >= 15 is 0 Å². The van der Waals surface area contributed by atoms with Gasteiger partial charge in [-0.25, -0.2) is 0 Å². The van der Waals surface area contributed by atoms with Crippen molar-refractivity contribution in [1.82, 2.24) is 4.90 Å². The second-order valence-corrected chi connectivity index (χ2v) is 3.25. The van der Waals surface area contributed by atoms with Gasteiger partial charge in [0.25, 0.3) is 0 Å². The molecule has 5 heteroatoms. The van der Waals surface area contributed by atoms with Crippen LogP contribution < -0.4 is 0 Å². The number of nitriles is 1. The van der Waals surface area contributed by atoms with Gasteiger partial charge < -0.3 is 0 Å². The number of likely N-dealkylation sites (tertiary alicyclic amines) is 1. The summed E-state index contributed by atoms with van der Waals surface area (Å²) in [5.74, 6) is -1.16. The van der Waals surface area contributed by atoms with Gasteiger partial charge in [0.1, 0.15) is 0 Å². The van der Waals surface area contributed by atoms with Crippen molar-refractivity contribution >= 4 is 0 Å². The molecule has 2 nitrogen and oxygen atoms in total. The first kappa shape index (κ1) is 10.3. The van der Waals surface area contributed by atoms with Gasteiger partial charge in [-0.1, -0.05) is 0 Å². The van der Waals surface area contributed by atoms with Gasteiger partial charge in [-0.2, -0.15) is 18.4 Å². The average molecular weight is 192 g/mol. The van der Waals surface area contributed by atoms with Gasteiger partial charge in [-0.3, -0.25) is 4.90 Å². The minimum Gasteiger partial charge on any atom is -0.291 e. The zero-order valence-corrected chi connectivity index (χ0v) is 7.14. The van der Waals surface area contributed by atoms with Gasteiger partial charge in [0, 0.05) is 0 Å². The maximum absolute atomic E-state index is 12.2. The Bertz CT molecular complexity index is 198. The summed E-state index contributed by atoms with van der Waals surface area (Å²) in [6, 6.07) is 1.94. The molecule has 0 amide bonds. The van der Waals surface area contributed by atoms with Crippen LogP contribution in [0.3, 0.4) is 0 Å². The van der Waals surface area contributed by atoms with Crippen LogP contribution in [-0.4, -0.2) is 30.7 Å². The van der Waals surface area contributed by atoms with Gasteiger partial charge in [-0.05, 0) is 25.9 Å².